The summed E-state index contributed by atoms with van der Waals surface area (Å²) in [6, 6.07) is 4.13. The van der Waals surface area contributed by atoms with Crippen molar-refractivity contribution in [2.24, 2.45) is 0 Å². The quantitative estimate of drug-likeness (QED) is 0.869. The largest absolute Gasteiger partial charge is 0.354 e. The molecule has 0 bridgehead atoms. The van der Waals surface area contributed by atoms with E-state index in [1.54, 1.807) is 11.3 Å². The Morgan fingerprint density at radius 2 is 2.16 bits per heavy atom. The first kappa shape index (κ1) is 14.5. The van der Waals surface area contributed by atoms with E-state index in [0.717, 1.165) is 13.0 Å². The minimum Gasteiger partial charge on any atom is -0.354 e. The molecule has 2 rings (SSSR count). The fourth-order valence-electron chi connectivity index (χ4n) is 2.86. The van der Waals surface area contributed by atoms with Crippen LogP contribution in [0, 0.1) is 0 Å². The fourth-order valence-corrected chi connectivity index (χ4v) is 3.57. The number of aryl methyl sites for hydroxylation is 1. The van der Waals surface area contributed by atoms with Crippen molar-refractivity contribution in [1.29, 1.82) is 0 Å². The maximum atomic E-state index is 11.9. The van der Waals surface area contributed by atoms with Crippen molar-refractivity contribution in [3.63, 3.8) is 0 Å². The van der Waals surface area contributed by atoms with Crippen LogP contribution in [-0.4, -0.2) is 37.0 Å². The first-order valence-corrected chi connectivity index (χ1v) is 7.97. The average Bonchev–Trinajstić information content (AvgIpc) is 3.05. The van der Waals surface area contributed by atoms with Crippen LogP contribution in [0.15, 0.2) is 17.5 Å². The Hall–Kier alpha value is -0.870. The van der Waals surface area contributed by atoms with Gasteiger partial charge in [-0.2, -0.15) is 0 Å². The second kappa shape index (κ2) is 6.53. The van der Waals surface area contributed by atoms with Crippen LogP contribution < -0.4 is 5.32 Å². The first-order valence-electron chi connectivity index (χ1n) is 7.09. The van der Waals surface area contributed by atoms with Crippen molar-refractivity contribution < 1.29 is 4.79 Å². The Morgan fingerprint density at radius 3 is 2.74 bits per heavy atom. The zero-order chi connectivity index (χ0) is 13.7. The van der Waals surface area contributed by atoms with E-state index in [4.69, 9.17) is 0 Å². The molecule has 19 heavy (non-hydrogen) atoms. The molecule has 1 aromatic heterocycles. The summed E-state index contributed by atoms with van der Waals surface area (Å²) < 4.78 is 0. The van der Waals surface area contributed by atoms with Gasteiger partial charge in [0.05, 0.1) is 0 Å². The van der Waals surface area contributed by atoms with Crippen molar-refractivity contribution in [2.45, 2.75) is 44.1 Å². The number of nitrogens with one attached hydrogen (secondary N) is 1. The summed E-state index contributed by atoms with van der Waals surface area (Å²) in [4.78, 5) is 15.5. The van der Waals surface area contributed by atoms with Crippen LogP contribution in [0.1, 0.15) is 37.0 Å². The van der Waals surface area contributed by atoms with E-state index in [0.29, 0.717) is 6.42 Å². The number of thiophene rings is 1. The average molecular weight is 280 g/mol. The van der Waals surface area contributed by atoms with Gasteiger partial charge in [0.1, 0.15) is 0 Å². The Labute approximate surface area is 120 Å². The summed E-state index contributed by atoms with van der Waals surface area (Å²) in [5.74, 6) is 0.182. The summed E-state index contributed by atoms with van der Waals surface area (Å²) in [7, 11) is 4.26. The van der Waals surface area contributed by atoms with Crippen molar-refractivity contribution in [3.8, 4) is 0 Å². The Morgan fingerprint density at radius 1 is 1.42 bits per heavy atom. The number of hydrogen-bond acceptors (Lipinski definition) is 3. The number of nitrogens with zero attached hydrogens (tertiary/aromatic N) is 1. The molecule has 0 spiro atoms. The fraction of sp³-hybridized carbons (Fsp3) is 0.667. The van der Waals surface area contributed by atoms with Gasteiger partial charge in [-0.25, -0.2) is 0 Å². The number of amides is 1. The van der Waals surface area contributed by atoms with Crippen LogP contribution in [-0.2, 0) is 11.2 Å². The van der Waals surface area contributed by atoms with Crippen LogP contribution in [0.2, 0.25) is 0 Å². The van der Waals surface area contributed by atoms with Crippen LogP contribution in [0.25, 0.3) is 0 Å². The second-order valence-electron chi connectivity index (χ2n) is 5.68. The second-order valence-corrected chi connectivity index (χ2v) is 6.71. The summed E-state index contributed by atoms with van der Waals surface area (Å²) in [5.41, 5.74) is 0.193. The van der Waals surface area contributed by atoms with E-state index >= 15 is 0 Å². The minimum absolute atomic E-state index is 0.182. The molecule has 0 radical (unpaired) electrons. The van der Waals surface area contributed by atoms with Gasteiger partial charge in [0.2, 0.25) is 5.91 Å². The van der Waals surface area contributed by atoms with E-state index in [2.05, 4.69) is 35.8 Å². The highest BCUT2D eigenvalue weighted by atomic mass is 32.1. The molecule has 1 N–H and O–H groups in total. The standard InChI is InChI=1S/C15H24N2OS/c1-17(2)15(9-3-4-10-15)12-16-14(18)8-7-13-6-5-11-19-13/h5-6,11H,3-4,7-10,12H2,1-2H3,(H,16,18). The topological polar surface area (TPSA) is 32.3 Å². The SMILES string of the molecule is CN(C)C1(CNC(=O)CCc2cccs2)CCCC1. The van der Waals surface area contributed by atoms with Gasteiger partial charge >= 0.3 is 0 Å². The van der Waals surface area contributed by atoms with Crippen LogP contribution in [0.4, 0.5) is 0 Å². The Bertz CT molecular complexity index is 394. The summed E-state index contributed by atoms with van der Waals surface area (Å²) in [6.07, 6.45) is 6.42. The Kier molecular flexibility index (Phi) is 4.99. The molecule has 1 amide bonds. The normalized spacial score (nSPS) is 17.8. The lowest BCUT2D eigenvalue weighted by Crippen LogP contribution is -2.50. The molecule has 3 nitrogen and oxygen atoms in total. The molecule has 1 aromatic rings. The third-order valence-corrected chi connectivity index (χ3v) is 5.21. The highest BCUT2D eigenvalue weighted by molar-refractivity contribution is 7.09. The van der Waals surface area contributed by atoms with E-state index < -0.39 is 0 Å². The molecule has 0 atom stereocenters. The summed E-state index contributed by atoms with van der Waals surface area (Å²) in [5, 5.41) is 5.20. The molecule has 0 saturated heterocycles. The minimum atomic E-state index is 0.182. The van der Waals surface area contributed by atoms with Crippen LogP contribution >= 0.6 is 11.3 Å². The van der Waals surface area contributed by atoms with E-state index in [9.17, 15) is 4.79 Å². The third-order valence-electron chi connectivity index (χ3n) is 4.28. The lowest BCUT2D eigenvalue weighted by molar-refractivity contribution is -0.121. The molecular formula is C15H24N2OS. The monoisotopic (exact) mass is 280 g/mol. The predicted molar refractivity (Wildman–Crippen MR) is 80.5 cm³/mol. The molecule has 4 heteroatoms. The zero-order valence-electron chi connectivity index (χ0n) is 11.9. The van der Waals surface area contributed by atoms with Crippen molar-refractivity contribution in [2.75, 3.05) is 20.6 Å². The van der Waals surface area contributed by atoms with Crippen molar-refractivity contribution >= 4 is 17.2 Å². The van der Waals surface area contributed by atoms with Crippen molar-refractivity contribution in [3.05, 3.63) is 22.4 Å². The molecule has 1 aliphatic rings. The number of carbonyl (C=O) groups excluding carboxylic acids is 1. The van der Waals surface area contributed by atoms with Gasteiger partial charge in [-0.3, -0.25) is 4.79 Å². The van der Waals surface area contributed by atoms with E-state index in [1.165, 1.54) is 30.6 Å². The molecule has 1 saturated carbocycles. The van der Waals surface area contributed by atoms with Gasteiger partial charge < -0.3 is 10.2 Å². The summed E-state index contributed by atoms with van der Waals surface area (Å²) in [6.45, 7) is 0.795. The van der Waals surface area contributed by atoms with E-state index in [1.807, 2.05) is 6.07 Å². The number of rotatable bonds is 6. The smallest absolute Gasteiger partial charge is 0.220 e. The molecule has 0 aromatic carbocycles. The number of hydrogen-bond donors (Lipinski definition) is 1. The van der Waals surface area contributed by atoms with Gasteiger partial charge in [0, 0.05) is 23.4 Å². The first-order chi connectivity index (χ1) is 9.12. The molecule has 0 aliphatic heterocycles. The Balaban J connectivity index is 1.76. The predicted octanol–water partition coefficient (Wildman–Crippen LogP) is 2.67. The van der Waals surface area contributed by atoms with Gasteiger partial charge in [0.15, 0.2) is 0 Å². The molecular weight excluding hydrogens is 256 g/mol. The highest BCUT2D eigenvalue weighted by Crippen LogP contribution is 2.33. The number of carbonyl (C=O) groups is 1. The molecule has 1 aliphatic carbocycles. The van der Waals surface area contributed by atoms with Gasteiger partial charge in [-0.15, -0.1) is 11.3 Å². The van der Waals surface area contributed by atoms with Crippen molar-refractivity contribution in [1.82, 2.24) is 10.2 Å². The highest BCUT2D eigenvalue weighted by Gasteiger charge is 2.35. The number of likely N-dealkylation sites (N-methyl/N-ethyl adjacent to an activating group) is 1. The molecule has 0 unspecified atom stereocenters. The molecule has 1 heterocycles. The van der Waals surface area contributed by atoms with Gasteiger partial charge in [0.25, 0.3) is 0 Å². The van der Waals surface area contributed by atoms with E-state index in [-0.39, 0.29) is 11.4 Å². The zero-order valence-corrected chi connectivity index (χ0v) is 12.8. The van der Waals surface area contributed by atoms with Crippen LogP contribution in [0.3, 0.4) is 0 Å². The molecule has 106 valence electrons. The van der Waals surface area contributed by atoms with Gasteiger partial charge in [-0.1, -0.05) is 18.9 Å². The maximum Gasteiger partial charge on any atom is 0.220 e. The lowest BCUT2D eigenvalue weighted by atomic mass is 9.96. The third kappa shape index (κ3) is 3.80. The lowest BCUT2D eigenvalue weighted by Gasteiger charge is -2.36. The van der Waals surface area contributed by atoms with Gasteiger partial charge in [-0.05, 0) is 44.8 Å². The summed E-state index contributed by atoms with van der Waals surface area (Å²) >= 11 is 1.72. The molecule has 1 fully saturated rings. The maximum absolute atomic E-state index is 11.9. The van der Waals surface area contributed by atoms with Crippen LogP contribution in [0.5, 0.6) is 0 Å².